The molecule has 0 aromatic heterocycles. The molecule has 0 aliphatic heterocycles. The standard InChI is InChI=1S/C16H18INO2S/c1-12-8-10-15(11-9-12)21(19,20)18-16(13(2)17)14-6-4-3-5-7-14/h3-11,13,16,18H,1-2H3/t13-,16+/m1/s1. The van der Waals surface area contributed by atoms with Gasteiger partial charge in [-0.05, 0) is 24.6 Å². The summed E-state index contributed by atoms with van der Waals surface area (Å²) in [7, 11) is -3.52. The van der Waals surface area contributed by atoms with Crippen LogP contribution >= 0.6 is 22.6 Å². The van der Waals surface area contributed by atoms with Crippen molar-refractivity contribution in [2.24, 2.45) is 0 Å². The van der Waals surface area contributed by atoms with Crippen LogP contribution in [0.5, 0.6) is 0 Å². The van der Waals surface area contributed by atoms with Crippen LogP contribution in [0.2, 0.25) is 0 Å². The Balaban J connectivity index is 2.30. The molecule has 0 amide bonds. The van der Waals surface area contributed by atoms with Gasteiger partial charge in [-0.2, -0.15) is 0 Å². The van der Waals surface area contributed by atoms with E-state index in [0.717, 1.165) is 11.1 Å². The molecular formula is C16H18INO2S. The van der Waals surface area contributed by atoms with Crippen molar-refractivity contribution in [3.05, 3.63) is 65.7 Å². The monoisotopic (exact) mass is 415 g/mol. The van der Waals surface area contributed by atoms with Crippen molar-refractivity contribution < 1.29 is 8.42 Å². The summed E-state index contributed by atoms with van der Waals surface area (Å²) < 4.78 is 28.0. The first kappa shape index (κ1) is 16.5. The fourth-order valence-electron chi connectivity index (χ4n) is 2.04. The van der Waals surface area contributed by atoms with E-state index in [4.69, 9.17) is 0 Å². The molecule has 2 aromatic carbocycles. The molecule has 0 aliphatic carbocycles. The second kappa shape index (κ2) is 6.89. The SMILES string of the molecule is Cc1ccc(S(=O)(=O)N[C@H](c2ccccc2)[C@@H](C)I)cc1. The fraction of sp³-hybridized carbons (Fsp3) is 0.250. The highest BCUT2D eigenvalue weighted by molar-refractivity contribution is 14.1. The Morgan fingerprint density at radius 1 is 1.00 bits per heavy atom. The van der Waals surface area contributed by atoms with Crippen molar-refractivity contribution in [1.29, 1.82) is 0 Å². The van der Waals surface area contributed by atoms with Gasteiger partial charge in [0.1, 0.15) is 0 Å². The van der Waals surface area contributed by atoms with Crippen LogP contribution in [0.25, 0.3) is 0 Å². The molecular weight excluding hydrogens is 397 g/mol. The van der Waals surface area contributed by atoms with Crippen LogP contribution in [0.1, 0.15) is 24.1 Å². The van der Waals surface area contributed by atoms with Gasteiger partial charge in [0.25, 0.3) is 0 Å². The molecule has 2 rings (SSSR count). The van der Waals surface area contributed by atoms with E-state index in [1.54, 1.807) is 24.3 Å². The number of rotatable bonds is 5. The molecule has 21 heavy (non-hydrogen) atoms. The minimum atomic E-state index is -3.52. The maximum absolute atomic E-state index is 12.5. The van der Waals surface area contributed by atoms with Crippen LogP contribution in [-0.4, -0.2) is 12.3 Å². The summed E-state index contributed by atoms with van der Waals surface area (Å²) >= 11 is 2.25. The maximum Gasteiger partial charge on any atom is 0.241 e. The van der Waals surface area contributed by atoms with E-state index >= 15 is 0 Å². The Hall–Kier alpha value is -0.920. The lowest BCUT2D eigenvalue weighted by molar-refractivity contribution is 0.557. The van der Waals surface area contributed by atoms with Gasteiger partial charge in [0.05, 0.1) is 10.9 Å². The third-order valence-electron chi connectivity index (χ3n) is 3.23. The van der Waals surface area contributed by atoms with Crippen LogP contribution < -0.4 is 4.72 Å². The van der Waals surface area contributed by atoms with E-state index in [9.17, 15) is 8.42 Å². The van der Waals surface area contributed by atoms with E-state index in [2.05, 4.69) is 27.3 Å². The number of alkyl halides is 1. The summed E-state index contributed by atoms with van der Waals surface area (Å²) in [5, 5.41) is 0. The minimum absolute atomic E-state index is 0.130. The van der Waals surface area contributed by atoms with Gasteiger partial charge < -0.3 is 0 Å². The molecule has 0 unspecified atom stereocenters. The van der Waals surface area contributed by atoms with Crippen molar-refractivity contribution in [3.8, 4) is 0 Å². The van der Waals surface area contributed by atoms with Crippen molar-refractivity contribution >= 4 is 32.6 Å². The first-order chi connectivity index (χ1) is 9.90. The molecule has 2 aromatic rings. The number of halogens is 1. The van der Waals surface area contributed by atoms with Gasteiger partial charge in [0.2, 0.25) is 10.0 Å². The Morgan fingerprint density at radius 2 is 1.57 bits per heavy atom. The molecule has 2 atom stereocenters. The highest BCUT2D eigenvalue weighted by Gasteiger charge is 2.24. The highest BCUT2D eigenvalue weighted by Crippen LogP contribution is 2.25. The fourth-order valence-corrected chi connectivity index (χ4v) is 4.18. The number of hydrogen-bond donors (Lipinski definition) is 1. The zero-order valence-electron chi connectivity index (χ0n) is 12.0. The lowest BCUT2D eigenvalue weighted by Crippen LogP contribution is -2.32. The maximum atomic E-state index is 12.5. The predicted molar refractivity (Wildman–Crippen MR) is 94.2 cm³/mol. The number of aryl methyl sites for hydroxylation is 1. The van der Waals surface area contributed by atoms with Gasteiger partial charge in [-0.15, -0.1) is 0 Å². The van der Waals surface area contributed by atoms with Crippen LogP contribution in [0.3, 0.4) is 0 Å². The molecule has 5 heteroatoms. The van der Waals surface area contributed by atoms with E-state index in [1.807, 2.05) is 44.2 Å². The smallest absolute Gasteiger partial charge is 0.207 e. The first-order valence-electron chi connectivity index (χ1n) is 6.68. The van der Waals surface area contributed by atoms with Crippen molar-refractivity contribution in [1.82, 2.24) is 4.72 Å². The van der Waals surface area contributed by atoms with Crippen molar-refractivity contribution in [2.45, 2.75) is 28.7 Å². The van der Waals surface area contributed by atoms with E-state index in [1.165, 1.54) is 0 Å². The molecule has 0 fully saturated rings. The molecule has 0 radical (unpaired) electrons. The van der Waals surface area contributed by atoms with Gasteiger partial charge in [0, 0.05) is 3.92 Å². The highest BCUT2D eigenvalue weighted by atomic mass is 127. The van der Waals surface area contributed by atoms with E-state index in [0.29, 0.717) is 4.90 Å². The first-order valence-corrected chi connectivity index (χ1v) is 9.41. The largest absolute Gasteiger partial charge is 0.241 e. The lowest BCUT2D eigenvalue weighted by Gasteiger charge is -2.21. The van der Waals surface area contributed by atoms with Gasteiger partial charge in [-0.3, -0.25) is 0 Å². The minimum Gasteiger partial charge on any atom is -0.207 e. The average Bonchev–Trinajstić information content (AvgIpc) is 2.46. The van der Waals surface area contributed by atoms with Gasteiger partial charge in [-0.25, -0.2) is 13.1 Å². The van der Waals surface area contributed by atoms with Gasteiger partial charge in [-0.1, -0.05) is 77.5 Å². The molecule has 0 aliphatic rings. The van der Waals surface area contributed by atoms with Crippen LogP contribution in [0.4, 0.5) is 0 Å². The number of nitrogens with one attached hydrogen (secondary N) is 1. The topological polar surface area (TPSA) is 46.2 Å². The molecule has 1 N–H and O–H groups in total. The molecule has 3 nitrogen and oxygen atoms in total. The predicted octanol–water partition coefficient (Wildman–Crippen LogP) is 3.84. The van der Waals surface area contributed by atoms with Gasteiger partial charge in [0.15, 0.2) is 0 Å². The van der Waals surface area contributed by atoms with E-state index in [-0.39, 0.29) is 9.97 Å². The Bertz CT molecular complexity index is 682. The summed E-state index contributed by atoms with van der Waals surface area (Å²) in [5.41, 5.74) is 2.01. The summed E-state index contributed by atoms with van der Waals surface area (Å²) in [5.74, 6) is 0. The molecule has 0 heterocycles. The third-order valence-corrected chi connectivity index (χ3v) is 5.41. The number of hydrogen-bond acceptors (Lipinski definition) is 2. The normalized spacial score (nSPS) is 14.6. The molecule has 0 saturated heterocycles. The quantitative estimate of drug-likeness (QED) is 0.596. The Kier molecular flexibility index (Phi) is 5.40. The van der Waals surface area contributed by atoms with Crippen LogP contribution in [0.15, 0.2) is 59.5 Å². The zero-order chi connectivity index (χ0) is 15.5. The summed E-state index contributed by atoms with van der Waals surface area (Å²) in [6.07, 6.45) is 0. The summed E-state index contributed by atoms with van der Waals surface area (Å²) in [6, 6.07) is 16.3. The van der Waals surface area contributed by atoms with Crippen LogP contribution in [0, 0.1) is 6.92 Å². The second-order valence-electron chi connectivity index (χ2n) is 5.00. The van der Waals surface area contributed by atoms with Gasteiger partial charge >= 0.3 is 0 Å². The second-order valence-corrected chi connectivity index (χ2v) is 8.68. The molecule has 0 bridgehead atoms. The summed E-state index contributed by atoms with van der Waals surface area (Å²) in [4.78, 5) is 0.297. The van der Waals surface area contributed by atoms with Crippen LogP contribution in [-0.2, 0) is 10.0 Å². The Labute approximate surface area is 140 Å². The van der Waals surface area contributed by atoms with Crippen molar-refractivity contribution in [3.63, 3.8) is 0 Å². The molecule has 112 valence electrons. The molecule has 0 saturated carbocycles. The van der Waals surface area contributed by atoms with Crippen molar-refractivity contribution in [2.75, 3.05) is 0 Å². The Morgan fingerprint density at radius 3 is 2.10 bits per heavy atom. The third kappa shape index (κ3) is 4.28. The molecule has 0 spiro atoms. The summed E-state index contributed by atoms with van der Waals surface area (Å²) in [6.45, 7) is 3.93. The number of benzene rings is 2. The number of sulfonamides is 1. The van der Waals surface area contributed by atoms with E-state index < -0.39 is 10.0 Å². The lowest BCUT2D eigenvalue weighted by atomic mass is 10.1. The zero-order valence-corrected chi connectivity index (χ0v) is 14.9. The average molecular weight is 415 g/mol.